The molecule has 0 aliphatic heterocycles. The predicted molar refractivity (Wildman–Crippen MR) is 526 cm³/mol. The van der Waals surface area contributed by atoms with Crippen LogP contribution in [-0.2, 0) is 107 Å². The fourth-order valence-electron chi connectivity index (χ4n) is 13.8. The van der Waals surface area contributed by atoms with Gasteiger partial charge in [-0.05, 0) is 119 Å². The van der Waals surface area contributed by atoms with Gasteiger partial charge in [0.1, 0.15) is 0 Å². The van der Waals surface area contributed by atoms with Crippen LogP contribution in [0.3, 0.4) is 0 Å². The van der Waals surface area contributed by atoms with Gasteiger partial charge in [-0.25, -0.2) is 49.1 Å². The minimum absolute atomic E-state index is 0.00525. The molecule has 12 rings (SSSR count). The fourth-order valence-corrected chi connectivity index (χ4v) is 13.8. The summed E-state index contributed by atoms with van der Waals surface area (Å²) in [5.41, 5.74) is 68.1. The van der Waals surface area contributed by atoms with E-state index >= 15 is 0 Å². The van der Waals surface area contributed by atoms with Crippen molar-refractivity contribution in [2.45, 2.75) is 116 Å². The summed E-state index contributed by atoms with van der Waals surface area (Å²) < 4.78 is 0. The quantitative estimate of drug-likeness (QED) is 0.0130. The number of amides is 10. The molecule has 31 heteroatoms. The van der Waals surface area contributed by atoms with E-state index in [9.17, 15) is 28.8 Å². The Hall–Kier alpha value is -17.0. The summed E-state index contributed by atoms with van der Waals surface area (Å²) in [5, 5.41) is 27.7. The Morgan fingerprint density at radius 1 is 0.233 bits per heavy atom. The third-order valence-electron chi connectivity index (χ3n) is 20.5. The Morgan fingerprint density at radius 2 is 0.466 bits per heavy atom. The molecule has 0 saturated heterocycles. The Labute approximate surface area is 774 Å². The van der Waals surface area contributed by atoms with Crippen LogP contribution in [0.4, 0.5) is 19.2 Å². The summed E-state index contributed by atoms with van der Waals surface area (Å²) in [4.78, 5) is 101. The van der Waals surface area contributed by atoms with Crippen molar-refractivity contribution in [3.05, 3.63) is 428 Å². The third-order valence-corrected chi connectivity index (χ3v) is 20.5. The lowest BCUT2D eigenvalue weighted by Gasteiger charge is -2.20. The molecule has 31 nitrogen and oxygen atoms in total. The number of aliphatic imine (C=N–C) groups is 6. The van der Waals surface area contributed by atoms with Crippen LogP contribution in [0.2, 0.25) is 0 Å². The van der Waals surface area contributed by atoms with Crippen LogP contribution in [0.15, 0.2) is 358 Å². The van der Waals surface area contributed by atoms with Gasteiger partial charge in [-0.3, -0.25) is 30.9 Å². The van der Waals surface area contributed by atoms with E-state index in [1.54, 1.807) is 0 Å². The minimum Gasteiger partial charge on any atom is -0.370 e. The fraction of sp³-hybridized carbons (Fsp3) is 0.176. The lowest BCUT2D eigenvalue weighted by Crippen LogP contribution is -2.48. The van der Waals surface area contributed by atoms with E-state index in [0.29, 0.717) is 71.6 Å². The van der Waals surface area contributed by atoms with Gasteiger partial charge in [0.05, 0.1) is 57.1 Å². The molecule has 0 saturated carbocycles. The Morgan fingerprint density at radius 3 is 0.767 bits per heavy atom. The van der Waals surface area contributed by atoms with Crippen LogP contribution in [-0.4, -0.2) is 71.7 Å². The molecule has 0 spiro atoms. The molecule has 0 aliphatic rings. The van der Waals surface area contributed by atoms with Crippen molar-refractivity contribution in [3.63, 3.8) is 0 Å². The minimum atomic E-state index is -0.650. The summed E-state index contributed by atoms with van der Waals surface area (Å²) in [7, 11) is 0. The van der Waals surface area contributed by atoms with E-state index < -0.39 is 18.1 Å². The van der Waals surface area contributed by atoms with Crippen LogP contribution in [0, 0.1) is 0 Å². The van der Waals surface area contributed by atoms with Crippen LogP contribution in [0.5, 0.6) is 0 Å². The van der Waals surface area contributed by atoms with Gasteiger partial charge in [0, 0.05) is 39.3 Å². The maximum Gasteiger partial charge on any atom is 0.328 e. The number of benzene rings is 12. The highest BCUT2D eigenvalue weighted by Crippen LogP contribution is 2.25. The van der Waals surface area contributed by atoms with E-state index in [0.717, 1.165) is 100 Å². The van der Waals surface area contributed by atoms with E-state index in [1.165, 1.54) is 0 Å². The standard InChI is InChI=1S/C34H39N9O2.2C34H38N8O2/c35-31(36)38-20-25-11-7-13-27(17-25)23-41-34(45)43-32(37)39-21-26-12-8-14-28(18-26)22-40-33(44)42-30(29-15-5-2-6-16-29)19-24-9-3-1-4-10-24;35-32(36)39-21-26-12-8-14-28(18-26)23-41-34(44)42-33(37)40-22-27-13-7-11-25(17-27)20-38-31(43)30(29-15-5-2-6-16-29)19-24-9-3-1-4-10-24;35-20-25-11-7-12-26(17-25)22-39-32(36)41-34(44)42-33(37)40-23-28-14-8-13-27(18-28)21-38-31(43)30(29-15-5-2-6-16-29)19-24-9-3-1-4-10-24/h1-18,30H,19-23H2,(H4,35,36,38)(H2,40,42,44)(H4,37,39,41,43,45);1-18,30H,19-23H2,(H,38,43)(H4,35,36,39)(H4,37,40,41,42,44);1-18,30H,19-23,35H2,(H,38,43)(H6,36,37,39,40,41,42,44). The number of carbonyl (C=O) groups is 6. The molecule has 3 unspecified atom stereocenters. The highest BCUT2D eigenvalue weighted by Gasteiger charge is 2.24. The highest BCUT2D eigenvalue weighted by atomic mass is 16.2. The van der Waals surface area contributed by atoms with Gasteiger partial charge in [-0.1, -0.05) is 328 Å². The smallest absolute Gasteiger partial charge is 0.328 e. The number of rotatable bonds is 35. The molecule has 0 fully saturated rings. The van der Waals surface area contributed by atoms with E-state index in [-0.39, 0.29) is 97.7 Å². The lowest BCUT2D eigenvalue weighted by atomic mass is 9.91. The number of urea groups is 4. The topological polar surface area (TPSA) is 531 Å². The first-order valence-electron chi connectivity index (χ1n) is 43.1. The Balaban J connectivity index is 0.000000207. The lowest BCUT2D eigenvalue weighted by molar-refractivity contribution is -0.123. The number of hydrogen-bond acceptors (Lipinski definition) is 13. The molecule has 684 valence electrons. The van der Waals surface area contributed by atoms with Crippen molar-refractivity contribution in [2.24, 2.45) is 81.6 Å². The van der Waals surface area contributed by atoms with Gasteiger partial charge in [0.15, 0.2) is 35.8 Å². The Bertz CT molecular complexity index is 5920. The zero-order valence-corrected chi connectivity index (χ0v) is 73.8. The summed E-state index contributed by atoms with van der Waals surface area (Å²) in [6.07, 6.45) is 1.88. The van der Waals surface area contributed by atoms with Crippen LogP contribution >= 0.6 is 0 Å². The zero-order valence-electron chi connectivity index (χ0n) is 73.8. The molecule has 0 aliphatic carbocycles. The molecular weight excluding hydrogens is 1670 g/mol. The summed E-state index contributed by atoms with van der Waals surface area (Å²) in [5.74, 6) is -0.812. The van der Waals surface area contributed by atoms with Gasteiger partial charge in [0.25, 0.3) is 0 Å². The first-order chi connectivity index (χ1) is 64.6. The van der Waals surface area contributed by atoms with Crippen molar-refractivity contribution in [3.8, 4) is 0 Å². The van der Waals surface area contributed by atoms with Gasteiger partial charge in [-0.2, -0.15) is 0 Å². The predicted octanol–water partition coefficient (Wildman–Crippen LogP) is 10.4. The Kier molecular flexibility index (Phi) is 39.6. The molecule has 0 bridgehead atoms. The summed E-state index contributed by atoms with van der Waals surface area (Å²) in [6.45, 7) is 3.83. The molecule has 28 N–H and O–H groups in total. The average Bonchev–Trinajstić information content (AvgIpc) is 0.851. The molecule has 133 heavy (non-hydrogen) atoms. The number of nitrogens with two attached hydrogens (primary N) is 9. The molecule has 0 radical (unpaired) electrons. The van der Waals surface area contributed by atoms with Gasteiger partial charge < -0.3 is 83.5 Å². The van der Waals surface area contributed by atoms with Crippen LogP contribution in [0.1, 0.15) is 118 Å². The molecular formula is C102H115N25O6. The largest absolute Gasteiger partial charge is 0.370 e. The second-order valence-electron chi connectivity index (χ2n) is 30.8. The van der Waals surface area contributed by atoms with Gasteiger partial charge in [0.2, 0.25) is 11.8 Å². The maximum atomic E-state index is 13.3. The van der Waals surface area contributed by atoms with Crippen LogP contribution in [0.25, 0.3) is 0 Å². The normalized spacial score (nSPS) is 11.9. The molecule has 12 aromatic rings. The SMILES string of the molecule is NC(N)=NCc1cccc(CNC(=O)NC(N)=NCc2cccc(CNC(=O)C(Cc3ccccc3)c3ccccc3)c2)c1.NC(N)=NCc1cccc(CNC(=O)NC(N)=NCc2cccc(CNC(=O)NC(Cc3ccccc3)c3ccccc3)c2)c1.NCc1cccc(CN=C(N)NC(=O)NC(N)=NCc2cccc(CNC(=O)C(Cc3ccccc3)c3ccccc3)c2)c1. The van der Waals surface area contributed by atoms with Crippen molar-refractivity contribution in [1.82, 2.24) is 53.2 Å². The molecule has 10 amide bonds. The highest BCUT2D eigenvalue weighted by molar-refractivity contribution is 6.03. The number of carbonyl (C=O) groups excluding carboxylic acids is 6. The third kappa shape index (κ3) is 36.7. The van der Waals surface area contributed by atoms with Crippen molar-refractivity contribution in [2.75, 3.05) is 0 Å². The second-order valence-corrected chi connectivity index (χ2v) is 30.8. The monoisotopic (exact) mass is 1790 g/mol. The maximum absolute atomic E-state index is 13.3. The van der Waals surface area contributed by atoms with Crippen molar-refractivity contribution >= 4 is 71.7 Å². The van der Waals surface area contributed by atoms with E-state index in [2.05, 4.69) is 95.3 Å². The summed E-state index contributed by atoms with van der Waals surface area (Å²) in [6, 6.07) is 103. The molecule has 0 heterocycles. The van der Waals surface area contributed by atoms with Gasteiger partial charge in [-0.15, -0.1) is 0 Å². The van der Waals surface area contributed by atoms with Crippen molar-refractivity contribution < 1.29 is 28.8 Å². The number of nitrogens with one attached hydrogen (secondary N) is 10. The summed E-state index contributed by atoms with van der Waals surface area (Å²) >= 11 is 0. The second kappa shape index (κ2) is 53.6. The number of nitrogens with zero attached hydrogens (tertiary/aromatic N) is 6. The average molecular weight is 1790 g/mol. The zero-order chi connectivity index (χ0) is 94.2. The first-order valence-corrected chi connectivity index (χ1v) is 43.1. The van der Waals surface area contributed by atoms with Gasteiger partial charge >= 0.3 is 24.1 Å². The molecule has 0 aromatic heterocycles. The van der Waals surface area contributed by atoms with Crippen molar-refractivity contribution in [1.29, 1.82) is 0 Å². The molecule has 12 aromatic carbocycles. The van der Waals surface area contributed by atoms with E-state index in [1.807, 2.05) is 315 Å². The number of hydrogen-bond donors (Lipinski definition) is 19. The first kappa shape index (κ1) is 98.2. The molecule has 3 atom stereocenters. The van der Waals surface area contributed by atoms with Crippen LogP contribution < -0.4 is 105 Å². The number of guanidine groups is 6. The van der Waals surface area contributed by atoms with E-state index in [4.69, 9.17) is 51.6 Å².